The Bertz CT molecular complexity index is 754. The molecule has 1 heterocycles. The molecular formula is C19H20N2. The predicted molar refractivity (Wildman–Crippen MR) is 88.4 cm³/mol. The van der Waals surface area contributed by atoms with E-state index in [1.54, 1.807) is 0 Å². The van der Waals surface area contributed by atoms with Crippen LogP contribution in [0.2, 0.25) is 0 Å². The first-order chi connectivity index (χ1) is 10.2. The van der Waals surface area contributed by atoms with E-state index in [0.29, 0.717) is 0 Å². The number of para-hydroxylation sites is 2. The largest absolute Gasteiger partial charge is 0.324 e. The van der Waals surface area contributed by atoms with Crippen LogP contribution in [0.15, 0.2) is 66.7 Å². The molecule has 0 radical (unpaired) electrons. The Morgan fingerprint density at radius 2 is 1.71 bits per heavy atom. The summed E-state index contributed by atoms with van der Waals surface area (Å²) in [5.41, 5.74) is 4.77. The molecule has 3 rings (SSSR count). The van der Waals surface area contributed by atoms with Gasteiger partial charge in [0.2, 0.25) is 0 Å². The van der Waals surface area contributed by atoms with E-state index in [4.69, 9.17) is 4.98 Å². The van der Waals surface area contributed by atoms with Crippen LogP contribution in [0.3, 0.4) is 0 Å². The minimum absolute atomic E-state index is 0.838. The van der Waals surface area contributed by atoms with Crippen molar-refractivity contribution in [1.29, 1.82) is 0 Å². The Morgan fingerprint density at radius 3 is 2.48 bits per heavy atom. The number of fused-ring (bicyclic) bond motifs is 1. The van der Waals surface area contributed by atoms with Gasteiger partial charge >= 0.3 is 0 Å². The smallest absolute Gasteiger partial charge is 0.110 e. The summed E-state index contributed by atoms with van der Waals surface area (Å²) in [7, 11) is 0. The minimum Gasteiger partial charge on any atom is -0.324 e. The summed E-state index contributed by atoms with van der Waals surface area (Å²) in [6.45, 7) is 6.95. The summed E-state index contributed by atoms with van der Waals surface area (Å²) >= 11 is 0. The van der Waals surface area contributed by atoms with Gasteiger partial charge in [0.15, 0.2) is 0 Å². The molecule has 0 N–H and O–H groups in total. The highest BCUT2D eigenvalue weighted by Crippen LogP contribution is 2.18. The van der Waals surface area contributed by atoms with Gasteiger partial charge in [0.1, 0.15) is 5.82 Å². The average molecular weight is 276 g/mol. The van der Waals surface area contributed by atoms with Gasteiger partial charge in [0.25, 0.3) is 0 Å². The van der Waals surface area contributed by atoms with Crippen molar-refractivity contribution in [2.24, 2.45) is 0 Å². The third-order valence-electron chi connectivity index (χ3n) is 3.64. The second kappa shape index (κ2) is 5.96. The highest BCUT2D eigenvalue weighted by Gasteiger charge is 2.10. The first kappa shape index (κ1) is 13.6. The number of hydrogen-bond donors (Lipinski definition) is 0. The second-order valence-electron chi connectivity index (χ2n) is 5.55. The first-order valence-corrected chi connectivity index (χ1v) is 7.36. The fourth-order valence-corrected chi connectivity index (χ4v) is 2.66. The van der Waals surface area contributed by atoms with E-state index in [9.17, 15) is 0 Å². The SMILES string of the molecule is C=C(C)Cn1c(CCc2ccccc2)nc2ccccc21. The number of rotatable bonds is 5. The van der Waals surface area contributed by atoms with Crippen molar-refractivity contribution < 1.29 is 0 Å². The first-order valence-electron chi connectivity index (χ1n) is 7.36. The van der Waals surface area contributed by atoms with Crippen molar-refractivity contribution >= 4 is 11.0 Å². The van der Waals surface area contributed by atoms with E-state index in [-0.39, 0.29) is 0 Å². The Morgan fingerprint density at radius 1 is 1.00 bits per heavy atom. The third kappa shape index (κ3) is 3.05. The molecule has 2 heteroatoms. The molecule has 0 saturated carbocycles. The summed E-state index contributed by atoms with van der Waals surface area (Å²) < 4.78 is 2.29. The van der Waals surface area contributed by atoms with Crippen LogP contribution in [-0.4, -0.2) is 9.55 Å². The zero-order valence-corrected chi connectivity index (χ0v) is 12.4. The topological polar surface area (TPSA) is 17.8 Å². The monoisotopic (exact) mass is 276 g/mol. The van der Waals surface area contributed by atoms with Gasteiger partial charge in [-0.1, -0.05) is 54.6 Å². The lowest BCUT2D eigenvalue weighted by atomic mass is 10.1. The molecule has 0 bridgehead atoms. The van der Waals surface area contributed by atoms with Gasteiger partial charge in [-0.05, 0) is 31.0 Å². The van der Waals surface area contributed by atoms with Crippen LogP contribution in [0.4, 0.5) is 0 Å². The number of nitrogens with zero attached hydrogens (tertiary/aromatic N) is 2. The Hall–Kier alpha value is -2.35. The van der Waals surface area contributed by atoms with Crippen LogP contribution < -0.4 is 0 Å². The minimum atomic E-state index is 0.838. The molecule has 0 aliphatic rings. The second-order valence-corrected chi connectivity index (χ2v) is 5.55. The number of benzene rings is 2. The van der Waals surface area contributed by atoms with Gasteiger partial charge in [-0.15, -0.1) is 0 Å². The molecule has 0 atom stereocenters. The van der Waals surface area contributed by atoms with Crippen LogP contribution in [0.1, 0.15) is 18.3 Å². The lowest BCUT2D eigenvalue weighted by Crippen LogP contribution is -2.06. The Labute approximate surface area is 125 Å². The van der Waals surface area contributed by atoms with Crippen LogP contribution in [0, 0.1) is 0 Å². The summed E-state index contributed by atoms with van der Waals surface area (Å²) in [5.74, 6) is 1.14. The molecule has 0 saturated heterocycles. The number of aryl methyl sites for hydroxylation is 2. The molecule has 0 spiro atoms. The number of aromatic nitrogens is 2. The van der Waals surface area contributed by atoms with E-state index < -0.39 is 0 Å². The molecule has 2 nitrogen and oxygen atoms in total. The zero-order chi connectivity index (χ0) is 14.7. The van der Waals surface area contributed by atoms with Crippen molar-refractivity contribution in [3.63, 3.8) is 0 Å². The normalized spacial score (nSPS) is 10.9. The van der Waals surface area contributed by atoms with E-state index in [1.807, 2.05) is 6.07 Å². The van der Waals surface area contributed by atoms with Gasteiger partial charge in [-0.3, -0.25) is 0 Å². The lowest BCUT2D eigenvalue weighted by molar-refractivity contribution is 0.723. The summed E-state index contributed by atoms with van der Waals surface area (Å²) in [5, 5.41) is 0. The molecular weight excluding hydrogens is 256 g/mol. The fraction of sp³-hybridized carbons (Fsp3) is 0.211. The lowest BCUT2D eigenvalue weighted by Gasteiger charge is -2.09. The third-order valence-corrected chi connectivity index (χ3v) is 3.64. The van der Waals surface area contributed by atoms with Crippen LogP contribution in [0.25, 0.3) is 11.0 Å². The molecule has 21 heavy (non-hydrogen) atoms. The van der Waals surface area contributed by atoms with Crippen LogP contribution in [0.5, 0.6) is 0 Å². The summed E-state index contributed by atoms with van der Waals surface area (Å²) in [6.07, 6.45) is 1.96. The van der Waals surface area contributed by atoms with Crippen LogP contribution in [-0.2, 0) is 19.4 Å². The van der Waals surface area contributed by atoms with E-state index in [0.717, 1.165) is 36.3 Å². The van der Waals surface area contributed by atoms with Crippen molar-refractivity contribution in [3.05, 3.63) is 78.1 Å². The number of imidazole rings is 1. The van der Waals surface area contributed by atoms with Crippen molar-refractivity contribution in [3.8, 4) is 0 Å². The van der Waals surface area contributed by atoms with Crippen LogP contribution >= 0.6 is 0 Å². The quantitative estimate of drug-likeness (QED) is 0.632. The van der Waals surface area contributed by atoms with Crippen molar-refractivity contribution in [1.82, 2.24) is 9.55 Å². The zero-order valence-electron chi connectivity index (χ0n) is 12.4. The summed E-state index contributed by atoms with van der Waals surface area (Å²) in [4.78, 5) is 4.80. The molecule has 106 valence electrons. The van der Waals surface area contributed by atoms with E-state index in [1.165, 1.54) is 11.1 Å². The molecule has 0 aliphatic heterocycles. The maximum Gasteiger partial charge on any atom is 0.110 e. The highest BCUT2D eigenvalue weighted by molar-refractivity contribution is 5.76. The number of hydrogen-bond acceptors (Lipinski definition) is 1. The molecule has 2 aromatic carbocycles. The van der Waals surface area contributed by atoms with E-state index in [2.05, 4.69) is 66.6 Å². The van der Waals surface area contributed by atoms with Gasteiger partial charge in [0, 0.05) is 13.0 Å². The number of allylic oxidation sites excluding steroid dienone is 1. The van der Waals surface area contributed by atoms with Crippen molar-refractivity contribution in [2.75, 3.05) is 0 Å². The van der Waals surface area contributed by atoms with Gasteiger partial charge < -0.3 is 4.57 Å². The van der Waals surface area contributed by atoms with Gasteiger partial charge in [-0.2, -0.15) is 0 Å². The Kier molecular flexibility index (Phi) is 3.87. The molecule has 0 aliphatic carbocycles. The fourth-order valence-electron chi connectivity index (χ4n) is 2.66. The maximum atomic E-state index is 4.80. The molecule has 0 fully saturated rings. The highest BCUT2D eigenvalue weighted by atomic mass is 15.1. The predicted octanol–water partition coefficient (Wildman–Crippen LogP) is 4.40. The molecule has 0 amide bonds. The van der Waals surface area contributed by atoms with E-state index >= 15 is 0 Å². The van der Waals surface area contributed by atoms with Gasteiger partial charge in [-0.25, -0.2) is 4.98 Å². The Balaban J connectivity index is 1.91. The summed E-state index contributed by atoms with van der Waals surface area (Å²) in [6, 6.07) is 18.9. The molecule has 3 aromatic rings. The maximum absolute atomic E-state index is 4.80. The molecule has 0 unspecified atom stereocenters. The average Bonchev–Trinajstić information content (AvgIpc) is 2.84. The van der Waals surface area contributed by atoms with Crippen molar-refractivity contribution in [2.45, 2.75) is 26.3 Å². The van der Waals surface area contributed by atoms with Gasteiger partial charge in [0.05, 0.1) is 11.0 Å². The molecule has 1 aromatic heterocycles. The standard InChI is InChI=1S/C19H20N2/c1-15(2)14-21-18-11-7-6-10-17(18)20-19(21)13-12-16-8-4-3-5-9-16/h3-11H,1,12-14H2,2H3.